The highest BCUT2D eigenvalue weighted by atomic mass is 79.9. The van der Waals surface area contributed by atoms with Gasteiger partial charge in [0.1, 0.15) is 5.82 Å². The van der Waals surface area contributed by atoms with Gasteiger partial charge in [0.15, 0.2) is 17.4 Å². The molecule has 0 spiro atoms. The van der Waals surface area contributed by atoms with Gasteiger partial charge in [0.2, 0.25) is 0 Å². The van der Waals surface area contributed by atoms with Crippen LogP contribution < -0.4 is 0 Å². The Hall–Kier alpha value is -1.33. The van der Waals surface area contributed by atoms with Crippen LogP contribution in [0.2, 0.25) is 5.02 Å². The maximum absolute atomic E-state index is 13.5. The molecule has 0 N–H and O–H groups in total. The van der Waals surface area contributed by atoms with Gasteiger partial charge in [0.05, 0.1) is 5.56 Å². The summed E-state index contributed by atoms with van der Waals surface area (Å²) in [5.41, 5.74) is -0.487. The Balaban J connectivity index is 2.56. The zero-order valence-electron chi connectivity index (χ0n) is 9.18. The van der Waals surface area contributed by atoms with E-state index < -0.39 is 28.8 Å². The van der Waals surface area contributed by atoms with Gasteiger partial charge in [-0.05, 0) is 24.3 Å². The SMILES string of the molecule is O=C(c1cc(F)c(F)cc1F)c1cc(Cl)ccc1Br. The molecule has 19 heavy (non-hydrogen) atoms. The second-order valence-electron chi connectivity index (χ2n) is 3.70. The zero-order chi connectivity index (χ0) is 14.2. The van der Waals surface area contributed by atoms with E-state index in [0.717, 1.165) is 0 Å². The fourth-order valence-electron chi connectivity index (χ4n) is 1.51. The van der Waals surface area contributed by atoms with E-state index in [0.29, 0.717) is 16.6 Å². The van der Waals surface area contributed by atoms with Crippen molar-refractivity contribution in [3.05, 3.63) is 68.4 Å². The number of carbonyl (C=O) groups is 1. The van der Waals surface area contributed by atoms with Gasteiger partial charge in [0.25, 0.3) is 0 Å². The van der Waals surface area contributed by atoms with Gasteiger partial charge in [-0.3, -0.25) is 4.79 Å². The Bertz CT molecular complexity index is 673. The minimum atomic E-state index is -1.35. The monoisotopic (exact) mass is 348 g/mol. The summed E-state index contributed by atoms with van der Waals surface area (Å²) in [4.78, 5) is 12.1. The molecule has 0 heterocycles. The van der Waals surface area contributed by atoms with Crippen molar-refractivity contribution in [2.75, 3.05) is 0 Å². The Morgan fingerprint density at radius 3 is 2.26 bits per heavy atom. The second-order valence-corrected chi connectivity index (χ2v) is 4.99. The number of hydrogen-bond acceptors (Lipinski definition) is 1. The smallest absolute Gasteiger partial charge is 0.197 e. The lowest BCUT2D eigenvalue weighted by atomic mass is 10.0. The van der Waals surface area contributed by atoms with Gasteiger partial charge in [0, 0.05) is 21.1 Å². The standard InChI is InChI=1S/C13H5BrClF3O/c14-9-2-1-6(15)3-7(9)13(19)8-4-11(17)12(18)5-10(8)16/h1-5H. The third-order valence-corrected chi connectivity index (χ3v) is 3.35. The lowest BCUT2D eigenvalue weighted by Gasteiger charge is -2.06. The van der Waals surface area contributed by atoms with Crippen molar-refractivity contribution >= 4 is 33.3 Å². The molecule has 0 aliphatic rings. The molecule has 6 heteroatoms. The first-order valence-electron chi connectivity index (χ1n) is 5.04. The fraction of sp³-hybridized carbons (Fsp3) is 0. The first-order chi connectivity index (χ1) is 8.90. The molecule has 1 nitrogen and oxygen atoms in total. The summed E-state index contributed by atoms with van der Waals surface area (Å²) in [7, 11) is 0. The highest BCUT2D eigenvalue weighted by Crippen LogP contribution is 2.25. The summed E-state index contributed by atoms with van der Waals surface area (Å²) >= 11 is 8.86. The van der Waals surface area contributed by atoms with E-state index in [1.165, 1.54) is 18.2 Å². The van der Waals surface area contributed by atoms with Crippen LogP contribution in [0.1, 0.15) is 15.9 Å². The summed E-state index contributed by atoms with van der Waals surface area (Å²) in [6.45, 7) is 0. The van der Waals surface area contributed by atoms with Crippen LogP contribution in [0.4, 0.5) is 13.2 Å². The third-order valence-electron chi connectivity index (χ3n) is 2.43. The summed E-state index contributed by atoms with van der Waals surface area (Å²) in [6, 6.07) is 5.22. The number of carbonyl (C=O) groups excluding carboxylic acids is 1. The third kappa shape index (κ3) is 2.82. The van der Waals surface area contributed by atoms with Crippen molar-refractivity contribution < 1.29 is 18.0 Å². The molecular weight excluding hydrogens is 344 g/mol. The van der Waals surface area contributed by atoms with E-state index in [9.17, 15) is 18.0 Å². The van der Waals surface area contributed by atoms with E-state index in [4.69, 9.17) is 11.6 Å². The highest BCUT2D eigenvalue weighted by Gasteiger charge is 2.19. The molecule has 0 fully saturated rings. The number of ketones is 1. The quantitative estimate of drug-likeness (QED) is 0.565. The van der Waals surface area contributed by atoms with Gasteiger partial charge >= 0.3 is 0 Å². The second kappa shape index (κ2) is 5.35. The van der Waals surface area contributed by atoms with E-state index >= 15 is 0 Å². The zero-order valence-corrected chi connectivity index (χ0v) is 11.5. The summed E-state index contributed by atoms with van der Waals surface area (Å²) in [5, 5.41) is 0.273. The first kappa shape index (κ1) is 14.1. The highest BCUT2D eigenvalue weighted by molar-refractivity contribution is 9.10. The van der Waals surface area contributed by atoms with Crippen molar-refractivity contribution in [1.29, 1.82) is 0 Å². The maximum Gasteiger partial charge on any atom is 0.197 e. The van der Waals surface area contributed by atoms with Gasteiger partial charge in [-0.1, -0.05) is 27.5 Å². The van der Waals surface area contributed by atoms with Crippen LogP contribution >= 0.6 is 27.5 Å². The summed E-state index contributed by atoms with van der Waals surface area (Å²) in [6.07, 6.45) is 0. The van der Waals surface area contributed by atoms with E-state index in [1.54, 1.807) is 0 Å². The molecule has 2 aromatic rings. The molecule has 0 amide bonds. The molecule has 0 bridgehead atoms. The average molecular weight is 350 g/mol. The van der Waals surface area contributed by atoms with Crippen LogP contribution in [0, 0.1) is 17.5 Å². The van der Waals surface area contributed by atoms with Crippen LogP contribution in [0.25, 0.3) is 0 Å². The number of rotatable bonds is 2. The minimum Gasteiger partial charge on any atom is -0.288 e. The molecule has 0 aromatic heterocycles. The van der Waals surface area contributed by atoms with Crippen LogP contribution in [0.5, 0.6) is 0 Å². The normalized spacial score (nSPS) is 10.6. The van der Waals surface area contributed by atoms with Crippen molar-refractivity contribution in [2.45, 2.75) is 0 Å². The molecule has 98 valence electrons. The molecule has 0 aliphatic carbocycles. The first-order valence-corrected chi connectivity index (χ1v) is 6.21. The van der Waals surface area contributed by atoms with Crippen LogP contribution in [0.15, 0.2) is 34.8 Å². The lowest BCUT2D eigenvalue weighted by molar-refractivity contribution is 0.103. The molecule has 0 aliphatic heterocycles. The van der Waals surface area contributed by atoms with Crippen LogP contribution in [-0.4, -0.2) is 5.78 Å². The Morgan fingerprint density at radius 1 is 0.947 bits per heavy atom. The number of halogens is 5. The molecule has 2 rings (SSSR count). The topological polar surface area (TPSA) is 17.1 Å². The van der Waals surface area contributed by atoms with Gasteiger partial charge in [-0.25, -0.2) is 13.2 Å². The van der Waals surface area contributed by atoms with Gasteiger partial charge in [-0.15, -0.1) is 0 Å². The van der Waals surface area contributed by atoms with Crippen molar-refractivity contribution in [1.82, 2.24) is 0 Å². The predicted octanol–water partition coefficient (Wildman–Crippen LogP) is 4.75. The molecule has 0 radical (unpaired) electrons. The fourth-order valence-corrected chi connectivity index (χ4v) is 2.11. The largest absolute Gasteiger partial charge is 0.288 e. The van der Waals surface area contributed by atoms with Crippen LogP contribution in [0.3, 0.4) is 0 Å². The van der Waals surface area contributed by atoms with Crippen molar-refractivity contribution in [3.8, 4) is 0 Å². The molecule has 0 saturated heterocycles. The molecular formula is C13H5BrClF3O. The number of benzene rings is 2. The molecule has 2 aromatic carbocycles. The predicted molar refractivity (Wildman–Crippen MR) is 68.9 cm³/mol. The molecule has 0 saturated carbocycles. The summed E-state index contributed by atoms with van der Waals surface area (Å²) < 4.78 is 39.8. The van der Waals surface area contributed by atoms with E-state index in [2.05, 4.69) is 15.9 Å². The van der Waals surface area contributed by atoms with E-state index in [-0.39, 0.29) is 10.6 Å². The molecule has 0 atom stereocenters. The van der Waals surface area contributed by atoms with Crippen LogP contribution in [-0.2, 0) is 0 Å². The van der Waals surface area contributed by atoms with Gasteiger partial charge in [-0.2, -0.15) is 0 Å². The lowest BCUT2D eigenvalue weighted by Crippen LogP contribution is -2.07. The number of hydrogen-bond donors (Lipinski definition) is 0. The Morgan fingerprint density at radius 2 is 1.58 bits per heavy atom. The van der Waals surface area contributed by atoms with Crippen molar-refractivity contribution in [3.63, 3.8) is 0 Å². The molecule has 0 unspecified atom stereocenters. The Labute approximate surface area is 120 Å². The maximum atomic E-state index is 13.5. The summed E-state index contributed by atoms with van der Waals surface area (Å²) in [5.74, 6) is -4.55. The minimum absolute atomic E-state index is 0.0670. The van der Waals surface area contributed by atoms with E-state index in [1.807, 2.05) is 0 Å². The average Bonchev–Trinajstić information content (AvgIpc) is 2.36. The van der Waals surface area contributed by atoms with Gasteiger partial charge < -0.3 is 0 Å². The van der Waals surface area contributed by atoms with Crippen molar-refractivity contribution in [2.24, 2.45) is 0 Å². The Kier molecular flexibility index (Phi) is 3.96.